The molecule has 0 N–H and O–H groups in total. The van der Waals surface area contributed by atoms with Crippen molar-refractivity contribution < 1.29 is 22.9 Å². The average Bonchev–Trinajstić information content (AvgIpc) is 1.75. The molecule has 0 atom stereocenters. The molecule has 0 saturated heterocycles. The van der Waals surface area contributed by atoms with Crippen LogP contribution in [0.1, 0.15) is 0 Å². The zero-order valence-corrected chi connectivity index (χ0v) is 10.5. The summed E-state index contributed by atoms with van der Waals surface area (Å²) in [5.41, 5.74) is 1.88. The predicted octanol–water partition coefficient (Wildman–Crippen LogP) is -0.802. The zero-order valence-electron chi connectivity index (χ0n) is 4.09. The van der Waals surface area contributed by atoms with Crippen LogP contribution in [-0.4, -0.2) is 20.2 Å². The van der Waals surface area contributed by atoms with Gasteiger partial charge in [-0.15, -0.1) is 6.58 Å². The zero-order chi connectivity index (χ0) is 6.12. The van der Waals surface area contributed by atoms with E-state index in [2.05, 4.69) is 16.0 Å². The second-order valence-corrected chi connectivity index (χ2v) is 3.96. The van der Waals surface area contributed by atoms with Crippen LogP contribution < -0.4 is 0 Å². The van der Waals surface area contributed by atoms with Gasteiger partial charge in [0.15, 0.2) is 9.76 Å². The quantitative estimate of drug-likeness (QED) is 0.601. The van der Waals surface area contributed by atoms with Gasteiger partial charge in [0.1, 0.15) is 10.5 Å². The van der Waals surface area contributed by atoms with Crippen molar-refractivity contribution in [3.63, 3.8) is 0 Å². The van der Waals surface area contributed by atoms with Crippen molar-refractivity contribution in [1.29, 1.82) is 0 Å². The molecule has 0 saturated carbocycles. The Morgan fingerprint density at radius 2 is 2.29 bits per heavy atom. The van der Waals surface area contributed by atoms with Gasteiger partial charge in [0, 0.05) is 0 Å². The molecule has 7 heavy (non-hydrogen) atoms. The molecule has 0 bridgehead atoms. The van der Waals surface area contributed by atoms with Gasteiger partial charge in [-0.1, -0.05) is 5.70 Å². The van der Waals surface area contributed by atoms with Crippen LogP contribution in [0.4, 0.5) is 0 Å². The normalized spacial score (nSPS) is 8.43. The third kappa shape index (κ3) is 19.2. The number of rotatable bonds is 2. The van der Waals surface area contributed by atoms with Gasteiger partial charge in [-0.2, -0.15) is 0 Å². The van der Waals surface area contributed by atoms with E-state index in [0.717, 1.165) is 10.5 Å². The Kier molecular flexibility index (Phi) is 24.7. The van der Waals surface area contributed by atoms with E-state index < -0.39 is 0 Å². The average molecular weight is 335 g/mol. The molecule has 0 aromatic heterocycles. The summed E-state index contributed by atoms with van der Waals surface area (Å²) in [7, 11) is 5.26. The minimum absolute atomic E-state index is 0.242. The summed E-state index contributed by atoms with van der Waals surface area (Å²) in [4.78, 5) is 0. The van der Waals surface area contributed by atoms with Gasteiger partial charge in [0.05, 0.1) is 0 Å². The molecule has 0 radical (unpaired) electrons. The van der Waals surface area contributed by atoms with Crippen LogP contribution in [-0.2, 0) is 22.9 Å². The Morgan fingerprint density at radius 1 is 1.86 bits per heavy atom. The topological polar surface area (TPSA) is 9.23 Å². The molecule has 0 aliphatic carbocycles. The molecule has 0 unspecified atom stereocenters. The first-order chi connectivity index (χ1) is 3.41. The molecule has 5 heteroatoms. The van der Waals surface area contributed by atoms with Gasteiger partial charge < -0.3 is 4.12 Å². The monoisotopic (exact) mass is 334 g/mol. The predicted molar refractivity (Wildman–Crippen MR) is 35.6 cm³/mol. The van der Waals surface area contributed by atoms with Crippen LogP contribution in [0.5, 0.6) is 0 Å². The molecule has 0 aromatic rings. The molecule has 47 valence electrons. The Bertz CT molecular complexity index is 36.9. The summed E-state index contributed by atoms with van der Waals surface area (Å²) in [6.07, 6.45) is 0. The summed E-state index contributed by atoms with van der Waals surface area (Å²) in [5, 5.41) is 0. The van der Waals surface area contributed by atoms with E-state index >= 15 is 0 Å². The van der Waals surface area contributed by atoms with Gasteiger partial charge in [0.2, 0.25) is 0 Å². The molecule has 0 spiro atoms. The van der Waals surface area contributed by atoms with Crippen molar-refractivity contribution in [3.8, 4) is 0 Å². The summed E-state index contributed by atoms with van der Waals surface area (Å²) in [6, 6.07) is 0. The van der Waals surface area contributed by atoms with Gasteiger partial charge in [0.25, 0.3) is 0 Å². The van der Waals surface area contributed by atoms with Crippen molar-refractivity contribution in [3.05, 3.63) is 12.3 Å². The van der Waals surface area contributed by atoms with E-state index in [-0.39, 0.29) is 9.76 Å². The Hall–Kier alpha value is 1.11. The van der Waals surface area contributed by atoms with Crippen LogP contribution in [0.2, 0.25) is 0 Å². The number of halogens is 1. The van der Waals surface area contributed by atoms with E-state index in [9.17, 15) is 0 Å². The Balaban J connectivity index is 0. The summed E-state index contributed by atoms with van der Waals surface area (Å²) in [6.45, 7) is 3.51. The van der Waals surface area contributed by atoms with Crippen molar-refractivity contribution in [1.82, 2.24) is 0 Å². The maximum atomic E-state index is 4.85. The first-order valence-corrected chi connectivity index (χ1v) is 6.66. The molecule has 0 rings (SSSR count). The van der Waals surface area contributed by atoms with Crippen LogP contribution in [0.25, 0.3) is 0 Å². The fourth-order valence-corrected chi connectivity index (χ4v) is 1.06. The SMILES string of the molecule is C=C[SiH2]O[SiH3].[Cl][Pt]. The van der Waals surface area contributed by atoms with Crippen LogP contribution >= 0.6 is 9.42 Å². The fourth-order valence-electron chi connectivity index (χ4n) is 0.118. The van der Waals surface area contributed by atoms with Crippen molar-refractivity contribution in [2.45, 2.75) is 0 Å². The summed E-state index contributed by atoms with van der Waals surface area (Å²) >= 11 is 1.61. The summed E-state index contributed by atoms with van der Waals surface area (Å²) in [5.74, 6) is 0. The first-order valence-electron chi connectivity index (χ1n) is 1.63. The van der Waals surface area contributed by atoms with E-state index in [0.29, 0.717) is 0 Å². The molecular weight excluding hydrogens is 327 g/mol. The standard InChI is InChI=1S/C2H8OSi2.ClH.Pt/c1-2-5-3-4;;/h2H,1,5H2,4H3;1H;/q;;+1/p-1. The Morgan fingerprint density at radius 3 is 2.29 bits per heavy atom. The van der Waals surface area contributed by atoms with Gasteiger partial charge in [-0.25, -0.2) is 0 Å². The van der Waals surface area contributed by atoms with Gasteiger partial charge in [-0.05, 0) is 0 Å². The molecule has 0 amide bonds. The number of hydrogen-bond acceptors (Lipinski definition) is 1. The molecular formula is C2H8ClOPtSi2. The second-order valence-electron chi connectivity index (χ2n) is 0.744. The van der Waals surface area contributed by atoms with Gasteiger partial charge >= 0.3 is 28.2 Å². The molecule has 0 aromatic carbocycles. The molecule has 0 aliphatic rings. The minimum atomic E-state index is -0.242. The fraction of sp³-hybridized carbons (Fsp3) is 0. The summed E-state index contributed by atoms with van der Waals surface area (Å²) < 4.78 is 4.85. The third-order valence-electron chi connectivity index (χ3n) is 0.285. The van der Waals surface area contributed by atoms with Crippen molar-refractivity contribution in [2.24, 2.45) is 0 Å². The van der Waals surface area contributed by atoms with E-state index in [1.54, 1.807) is 18.8 Å². The van der Waals surface area contributed by atoms with Crippen molar-refractivity contribution in [2.75, 3.05) is 0 Å². The van der Waals surface area contributed by atoms with E-state index in [1.807, 2.05) is 5.70 Å². The second kappa shape index (κ2) is 15.7. The Labute approximate surface area is 64.8 Å². The first kappa shape index (κ1) is 11.0. The van der Waals surface area contributed by atoms with Crippen LogP contribution in [0.3, 0.4) is 0 Å². The maximum absolute atomic E-state index is 4.85. The van der Waals surface area contributed by atoms with Crippen LogP contribution in [0, 0.1) is 0 Å². The molecule has 1 nitrogen and oxygen atoms in total. The molecule has 0 aliphatic heterocycles. The third-order valence-corrected chi connectivity index (χ3v) is 1.85. The van der Waals surface area contributed by atoms with Gasteiger partial charge in [-0.3, -0.25) is 0 Å². The van der Waals surface area contributed by atoms with E-state index in [1.165, 1.54) is 0 Å². The van der Waals surface area contributed by atoms with Crippen LogP contribution in [0.15, 0.2) is 12.3 Å². The van der Waals surface area contributed by atoms with Crippen molar-refractivity contribution >= 4 is 29.7 Å². The molecule has 0 fully saturated rings. The number of hydrogen-bond donors (Lipinski definition) is 0. The molecule has 0 heterocycles. The van der Waals surface area contributed by atoms with E-state index in [4.69, 9.17) is 4.12 Å².